The topological polar surface area (TPSA) is 131 Å². The summed E-state index contributed by atoms with van der Waals surface area (Å²) in [6.45, 7) is -0.750. The molecule has 1 aromatic rings. The van der Waals surface area contributed by atoms with Crippen LogP contribution in [0.15, 0.2) is 24.3 Å². The van der Waals surface area contributed by atoms with E-state index in [4.69, 9.17) is 22.1 Å². The summed E-state index contributed by atoms with van der Waals surface area (Å²) in [6.07, 6.45) is -0.267. The highest BCUT2D eigenvalue weighted by molar-refractivity contribution is 6.31. The lowest BCUT2D eigenvalue weighted by Gasteiger charge is -2.18. The van der Waals surface area contributed by atoms with Gasteiger partial charge in [0.1, 0.15) is 0 Å². The van der Waals surface area contributed by atoms with Crippen molar-refractivity contribution >= 4 is 35.4 Å². The summed E-state index contributed by atoms with van der Waals surface area (Å²) in [6, 6.07) is 5.00. The molecule has 0 aliphatic carbocycles. The summed E-state index contributed by atoms with van der Waals surface area (Å²) in [5.41, 5.74) is 5.62. The van der Waals surface area contributed by atoms with Gasteiger partial charge in [-0.15, -0.1) is 0 Å². The smallest absolute Gasteiger partial charge is 0.312 e. The van der Waals surface area contributed by atoms with Crippen molar-refractivity contribution in [3.63, 3.8) is 0 Å². The quantitative estimate of drug-likeness (QED) is 0.550. The number of esters is 1. The average Bonchev–Trinajstić information content (AvgIpc) is 2.57. The van der Waals surface area contributed by atoms with Gasteiger partial charge in [-0.3, -0.25) is 14.4 Å². The molecule has 0 spiro atoms. The molecule has 0 saturated carbocycles. The summed E-state index contributed by atoms with van der Waals surface area (Å²) < 4.78 is 4.86. The molecule has 4 amide bonds. The van der Waals surface area contributed by atoms with Gasteiger partial charge in [0.05, 0.1) is 19.0 Å². The van der Waals surface area contributed by atoms with Crippen molar-refractivity contribution in [1.29, 1.82) is 0 Å². The number of urea groups is 1. The zero-order valence-electron chi connectivity index (χ0n) is 14.5. The summed E-state index contributed by atoms with van der Waals surface area (Å²) in [5.74, 6) is -1.66. The highest BCUT2D eigenvalue weighted by atomic mass is 35.5. The Morgan fingerprint density at radius 3 is 2.46 bits per heavy atom. The Morgan fingerprint density at radius 2 is 1.88 bits per heavy atom. The zero-order valence-corrected chi connectivity index (χ0v) is 15.2. The highest BCUT2D eigenvalue weighted by Crippen LogP contribution is 2.25. The lowest BCUT2D eigenvalue weighted by Crippen LogP contribution is -2.38. The number of primary amides is 1. The van der Waals surface area contributed by atoms with Crippen LogP contribution < -0.4 is 16.4 Å². The molecule has 1 rings (SSSR count). The maximum Gasteiger partial charge on any atom is 0.312 e. The average molecular weight is 385 g/mol. The Morgan fingerprint density at radius 1 is 1.23 bits per heavy atom. The predicted octanol–water partition coefficient (Wildman–Crippen LogP) is 0.187. The van der Waals surface area contributed by atoms with Gasteiger partial charge >= 0.3 is 12.0 Å². The van der Waals surface area contributed by atoms with Crippen molar-refractivity contribution in [2.24, 2.45) is 5.73 Å². The molecule has 0 fully saturated rings. The number of benzene rings is 1. The predicted molar refractivity (Wildman–Crippen MR) is 94.2 cm³/mol. The summed E-state index contributed by atoms with van der Waals surface area (Å²) >= 11 is 6.07. The van der Waals surface area contributed by atoms with E-state index in [0.717, 1.165) is 0 Å². The Kier molecular flexibility index (Phi) is 8.36. The van der Waals surface area contributed by atoms with Crippen LogP contribution in [0.3, 0.4) is 0 Å². The first kappa shape index (κ1) is 21.2. The van der Waals surface area contributed by atoms with Crippen molar-refractivity contribution in [2.45, 2.75) is 12.5 Å². The second-order valence-corrected chi connectivity index (χ2v) is 5.92. The van der Waals surface area contributed by atoms with Crippen molar-refractivity contribution in [3.05, 3.63) is 34.9 Å². The van der Waals surface area contributed by atoms with Gasteiger partial charge in [0.2, 0.25) is 5.91 Å². The van der Waals surface area contributed by atoms with E-state index in [-0.39, 0.29) is 18.9 Å². The number of nitrogens with one attached hydrogen (secondary N) is 2. The highest BCUT2D eigenvalue weighted by Gasteiger charge is 2.21. The summed E-state index contributed by atoms with van der Waals surface area (Å²) in [7, 11) is 3.10. The molecule has 0 radical (unpaired) electrons. The number of carbonyl (C=O) groups is 4. The first-order chi connectivity index (χ1) is 12.2. The first-order valence-corrected chi connectivity index (χ1v) is 8.01. The molecule has 1 aromatic carbocycles. The van der Waals surface area contributed by atoms with Crippen LogP contribution in [0.25, 0.3) is 0 Å². The number of ether oxygens (including phenoxy) is 1. The number of rotatable bonds is 8. The van der Waals surface area contributed by atoms with Gasteiger partial charge in [-0.05, 0) is 11.6 Å². The summed E-state index contributed by atoms with van der Waals surface area (Å²) in [5, 5.41) is 5.08. The van der Waals surface area contributed by atoms with Crippen molar-refractivity contribution in [2.75, 3.05) is 27.2 Å². The minimum Gasteiger partial charge on any atom is -0.456 e. The molecule has 0 unspecified atom stereocenters. The van der Waals surface area contributed by atoms with E-state index in [1.54, 1.807) is 38.4 Å². The van der Waals surface area contributed by atoms with E-state index >= 15 is 0 Å². The Balaban J connectivity index is 2.57. The molecular weight excluding hydrogens is 364 g/mol. The van der Waals surface area contributed by atoms with E-state index in [1.165, 1.54) is 4.90 Å². The van der Waals surface area contributed by atoms with Crippen molar-refractivity contribution in [3.8, 4) is 0 Å². The number of halogens is 1. The number of hydrogen-bond donors (Lipinski definition) is 3. The number of likely N-dealkylation sites (N-methyl/N-ethyl adjacent to an activating group) is 1. The maximum absolute atomic E-state index is 12.0. The van der Waals surface area contributed by atoms with Crippen LogP contribution in [0.4, 0.5) is 4.79 Å². The molecule has 0 aromatic heterocycles. The fraction of sp³-hybridized carbons (Fsp3) is 0.375. The van der Waals surface area contributed by atoms with Crippen LogP contribution >= 0.6 is 11.6 Å². The number of nitrogens with two attached hydrogens (primary N) is 1. The van der Waals surface area contributed by atoms with E-state index in [1.807, 2.05) is 0 Å². The van der Waals surface area contributed by atoms with Crippen molar-refractivity contribution in [1.82, 2.24) is 15.5 Å². The molecule has 0 heterocycles. The first-order valence-electron chi connectivity index (χ1n) is 7.63. The molecular formula is C16H21ClN4O5. The number of hydrogen-bond acceptors (Lipinski definition) is 5. The lowest BCUT2D eigenvalue weighted by atomic mass is 10.0. The third-order valence-electron chi connectivity index (χ3n) is 3.27. The van der Waals surface area contributed by atoms with Crippen LogP contribution in [0, 0.1) is 0 Å². The Labute approximate surface area is 155 Å². The molecule has 0 bridgehead atoms. The number of carbonyl (C=O) groups excluding carboxylic acids is 4. The minimum atomic E-state index is -0.831. The van der Waals surface area contributed by atoms with Gasteiger partial charge in [-0.25, -0.2) is 4.79 Å². The third-order valence-corrected chi connectivity index (χ3v) is 3.61. The number of nitrogens with zero attached hydrogens (tertiary/aromatic N) is 1. The second-order valence-electron chi connectivity index (χ2n) is 5.51. The monoisotopic (exact) mass is 384 g/mol. The molecule has 4 N–H and O–H groups in total. The Bertz CT molecular complexity index is 680. The fourth-order valence-electron chi connectivity index (χ4n) is 1.92. The van der Waals surface area contributed by atoms with E-state index in [9.17, 15) is 19.2 Å². The van der Waals surface area contributed by atoms with Gasteiger partial charge in [-0.2, -0.15) is 0 Å². The zero-order chi connectivity index (χ0) is 19.7. The number of amides is 4. The fourth-order valence-corrected chi connectivity index (χ4v) is 2.19. The van der Waals surface area contributed by atoms with Crippen LogP contribution in [0.5, 0.6) is 0 Å². The molecule has 142 valence electrons. The normalized spacial score (nSPS) is 11.2. The van der Waals surface area contributed by atoms with Gasteiger partial charge < -0.3 is 26.0 Å². The SMILES string of the molecule is CN(C)C(=O)CNC(=O)COC(=O)C[C@@H](NC(N)=O)c1ccccc1Cl. The van der Waals surface area contributed by atoms with Crippen molar-refractivity contribution < 1.29 is 23.9 Å². The van der Waals surface area contributed by atoms with Crippen LogP contribution in [0.2, 0.25) is 5.02 Å². The third kappa shape index (κ3) is 7.39. The van der Waals surface area contributed by atoms with Crippen LogP contribution in [-0.2, 0) is 19.1 Å². The standard InChI is InChI=1S/C16H21ClN4O5/c1-21(2)14(23)8-19-13(22)9-26-15(24)7-12(20-16(18)25)10-5-3-4-6-11(10)17/h3-6,12H,7-9H2,1-2H3,(H,19,22)(H3,18,20,25)/t12-/m1/s1. The molecule has 0 aliphatic heterocycles. The van der Waals surface area contributed by atoms with E-state index in [0.29, 0.717) is 10.6 Å². The van der Waals surface area contributed by atoms with Gasteiger partial charge in [-0.1, -0.05) is 29.8 Å². The lowest BCUT2D eigenvalue weighted by molar-refractivity contribution is -0.149. The molecule has 0 aliphatic rings. The van der Waals surface area contributed by atoms with Crippen LogP contribution in [0.1, 0.15) is 18.0 Å². The van der Waals surface area contributed by atoms with Gasteiger partial charge in [0.25, 0.3) is 5.91 Å². The van der Waals surface area contributed by atoms with E-state index < -0.39 is 30.6 Å². The molecule has 10 heteroatoms. The van der Waals surface area contributed by atoms with Gasteiger partial charge in [0.15, 0.2) is 6.61 Å². The minimum absolute atomic E-state index is 0.200. The van der Waals surface area contributed by atoms with Gasteiger partial charge in [0, 0.05) is 19.1 Å². The van der Waals surface area contributed by atoms with E-state index in [2.05, 4.69) is 10.6 Å². The molecule has 9 nitrogen and oxygen atoms in total. The summed E-state index contributed by atoms with van der Waals surface area (Å²) in [4.78, 5) is 47.4. The molecule has 1 atom stereocenters. The van der Waals surface area contributed by atoms with Crippen LogP contribution in [-0.4, -0.2) is 56.0 Å². The molecule has 26 heavy (non-hydrogen) atoms. The maximum atomic E-state index is 12.0. The Hall–Kier alpha value is -2.81. The largest absolute Gasteiger partial charge is 0.456 e. The second kappa shape index (κ2) is 10.2. The molecule has 0 saturated heterocycles.